The molecule has 1 aliphatic heterocycles. The summed E-state index contributed by atoms with van der Waals surface area (Å²) in [6.07, 6.45) is 1.55. The largest absolute Gasteiger partial charge is 0.534 e. The molecule has 1 amide bonds. The van der Waals surface area contributed by atoms with Gasteiger partial charge >= 0.3 is 21.6 Å². The van der Waals surface area contributed by atoms with Crippen molar-refractivity contribution in [3.8, 4) is 11.5 Å². The fraction of sp³-hybridized carbons (Fsp3) is 0.316. The maximum absolute atomic E-state index is 14.0. The number of rotatable bonds is 17. The van der Waals surface area contributed by atoms with E-state index in [1.165, 1.54) is 42.2 Å². The van der Waals surface area contributed by atoms with Crippen molar-refractivity contribution >= 4 is 37.7 Å². The van der Waals surface area contributed by atoms with Crippen LogP contribution in [0, 0.1) is 11.7 Å². The maximum atomic E-state index is 14.0. The van der Waals surface area contributed by atoms with Crippen molar-refractivity contribution in [1.29, 1.82) is 0 Å². The molecule has 1 N–H and O–H groups in total. The lowest BCUT2D eigenvalue weighted by atomic mass is 9.77. The van der Waals surface area contributed by atoms with Crippen molar-refractivity contribution in [3.05, 3.63) is 125 Å². The Hall–Kier alpha value is -5.00. The average Bonchev–Trinajstić information content (AvgIpc) is 3.11. The first-order valence-corrected chi connectivity index (χ1v) is 20.3. The topological polar surface area (TPSA) is 145 Å². The fourth-order valence-corrected chi connectivity index (χ4v) is 7.16. The minimum absolute atomic E-state index is 0.0451. The van der Waals surface area contributed by atoms with Gasteiger partial charge in [0.2, 0.25) is 15.9 Å². The molecule has 0 aliphatic carbocycles. The molecule has 2 unspecified atom stereocenters. The van der Waals surface area contributed by atoms with Gasteiger partial charge in [0, 0.05) is 30.8 Å². The Morgan fingerprint density at radius 2 is 1.58 bits per heavy atom. The summed E-state index contributed by atoms with van der Waals surface area (Å²) < 4.78 is 119. The number of ether oxygens (including phenoxy) is 2. The summed E-state index contributed by atoms with van der Waals surface area (Å²) in [5.74, 6) is -2.92. The van der Waals surface area contributed by atoms with E-state index in [2.05, 4.69) is 8.91 Å². The predicted molar refractivity (Wildman–Crippen MR) is 194 cm³/mol. The van der Waals surface area contributed by atoms with Crippen LogP contribution in [0.25, 0.3) is 0 Å². The molecule has 4 aromatic rings. The first-order valence-electron chi connectivity index (χ1n) is 17.0. The van der Waals surface area contributed by atoms with E-state index in [0.717, 1.165) is 24.0 Å². The van der Waals surface area contributed by atoms with Crippen LogP contribution in [0.3, 0.4) is 0 Å². The van der Waals surface area contributed by atoms with Gasteiger partial charge in [-0.05, 0) is 78.8 Å². The molecule has 1 fully saturated rings. The van der Waals surface area contributed by atoms with Crippen LogP contribution in [0.5, 0.6) is 11.5 Å². The number of carbonyl (C=O) groups is 2. The van der Waals surface area contributed by atoms with Crippen molar-refractivity contribution in [2.24, 2.45) is 5.92 Å². The summed E-state index contributed by atoms with van der Waals surface area (Å²) in [4.78, 5) is 27.6. The third-order valence-electron chi connectivity index (χ3n) is 8.76. The van der Waals surface area contributed by atoms with E-state index in [4.69, 9.17) is 9.47 Å². The molecule has 0 spiro atoms. The number of hydrogen-bond acceptors (Lipinski definition) is 9. The zero-order chi connectivity index (χ0) is 40.0. The van der Waals surface area contributed by atoms with E-state index in [1.807, 2.05) is 0 Å². The van der Waals surface area contributed by atoms with Crippen LogP contribution in [-0.4, -0.2) is 47.0 Å². The number of nitrogens with zero attached hydrogens (tertiary/aromatic N) is 1. The number of esters is 1. The van der Waals surface area contributed by atoms with E-state index >= 15 is 0 Å². The lowest BCUT2D eigenvalue weighted by molar-refractivity contribution is -0.147. The van der Waals surface area contributed by atoms with Gasteiger partial charge in [-0.25, -0.2) is 17.5 Å². The van der Waals surface area contributed by atoms with Crippen molar-refractivity contribution < 1.29 is 57.6 Å². The van der Waals surface area contributed by atoms with Gasteiger partial charge in [0.05, 0.1) is 18.2 Å². The predicted octanol–water partition coefficient (Wildman–Crippen LogP) is 6.90. The molecule has 0 aromatic heterocycles. The monoisotopic (exact) mass is 806 g/mol. The molecule has 3 atom stereocenters. The Bertz CT molecular complexity index is 2190. The van der Waals surface area contributed by atoms with Crippen LogP contribution in [0.4, 0.5) is 23.2 Å². The molecule has 0 radical (unpaired) electrons. The van der Waals surface area contributed by atoms with Crippen LogP contribution in [-0.2, 0) is 47.5 Å². The normalized spacial score (nSPS) is 16.6. The molecule has 0 saturated carbocycles. The molecule has 294 valence electrons. The van der Waals surface area contributed by atoms with Gasteiger partial charge in [0.1, 0.15) is 30.0 Å². The van der Waals surface area contributed by atoms with Crippen LogP contribution in [0.1, 0.15) is 60.6 Å². The second-order valence-electron chi connectivity index (χ2n) is 12.9. The molecule has 17 heteroatoms. The number of benzene rings is 4. The highest BCUT2D eigenvalue weighted by molar-refractivity contribution is 7.88. The zero-order valence-corrected chi connectivity index (χ0v) is 31.3. The third kappa shape index (κ3) is 10.8. The molecule has 55 heavy (non-hydrogen) atoms. The number of alkyl halides is 3. The number of amides is 1. The summed E-state index contributed by atoms with van der Waals surface area (Å²) in [7, 11) is -9.37. The summed E-state index contributed by atoms with van der Waals surface area (Å²) in [5.41, 5.74) is -2.85. The highest BCUT2D eigenvalue weighted by Gasteiger charge is 2.51. The van der Waals surface area contributed by atoms with Gasteiger partial charge in [0.25, 0.3) is 0 Å². The summed E-state index contributed by atoms with van der Waals surface area (Å²) in [5, 5.41) is 0. The van der Waals surface area contributed by atoms with Gasteiger partial charge in [-0.1, -0.05) is 54.6 Å². The molecule has 1 aliphatic rings. The zero-order valence-electron chi connectivity index (χ0n) is 29.7. The van der Waals surface area contributed by atoms with E-state index in [9.17, 15) is 44.0 Å². The summed E-state index contributed by atoms with van der Waals surface area (Å²) >= 11 is 0. The lowest BCUT2D eigenvalue weighted by Gasteiger charge is -2.48. The number of aryl methyl sites for hydroxylation is 1. The highest BCUT2D eigenvalue weighted by Crippen LogP contribution is 2.50. The molecule has 1 heterocycles. The number of halogens is 4. The van der Waals surface area contributed by atoms with Crippen LogP contribution >= 0.6 is 0 Å². The summed E-state index contributed by atoms with van der Waals surface area (Å²) in [6.45, 7) is 1.38. The van der Waals surface area contributed by atoms with Crippen molar-refractivity contribution in [3.63, 3.8) is 0 Å². The Kier molecular flexibility index (Phi) is 12.9. The van der Waals surface area contributed by atoms with Crippen molar-refractivity contribution in [2.75, 3.05) is 17.7 Å². The quantitative estimate of drug-likeness (QED) is 0.0301. The van der Waals surface area contributed by atoms with Crippen LogP contribution in [0.2, 0.25) is 0 Å². The van der Waals surface area contributed by atoms with Gasteiger partial charge in [-0.15, -0.1) is 0 Å². The lowest BCUT2D eigenvalue weighted by Crippen LogP contribution is -2.55. The van der Waals surface area contributed by atoms with Gasteiger partial charge in [-0.2, -0.15) is 21.6 Å². The van der Waals surface area contributed by atoms with E-state index in [-0.39, 0.29) is 37.6 Å². The molecule has 1 saturated heterocycles. The second kappa shape index (κ2) is 17.2. The van der Waals surface area contributed by atoms with Crippen molar-refractivity contribution in [1.82, 2.24) is 4.72 Å². The second-order valence-corrected chi connectivity index (χ2v) is 16.3. The first kappa shape index (κ1) is 41.2. The van der Waals surface area contributed by atoms with E-state index < -0.39 is 61.2 Å². The molecule has 0 bridgehead atoms. The SMILES string of the molecule is CC(=O)O[C@@H](CCC1C(=O)N(c2ccc(CCCNS(C)(=O)=O)cc2)C1c1ccc(OS(=O)(=O)C(F)(F)F)cc1OCc1ccccc1)c1ccc(F)cc1. The third-order valence-corrected chi connectivity index (χ3v) is 10.5. The Morgan fingerprint density at radius 1 is 0.909 bits per heavy atom. The number of hydrogen-bond donors (Lipinski definition) is 1. The van der Waals surface area contributed by atoms with E-state index in [0.29, 0.717) is 35.2 Å². The van der Waals surface area contributed by atoms with Gasteiger partial charge in [-0.3, -0.25) is 9.59 Å². The van der Waals surface area contributed by atoms with E-state index in [1.54, 1.807) is 54.6 Å². The number of sulfonamides is 1. The average molecular weight is 807 g/mol. The molecule has 11 nitrogen and oxygen atoms in total. The Labute approximate surface area is 316 Å². The number of anilines is 1. The fourth-order valence-electron chi connectivity index (χ4n) is 6.19. The first-order chi connectivity index (χ1) is 25.9. The minimum atomic E-state index is -6.03. The number of nitrogens with one attached hydrogen (secondary N) is 1. The minimum Gasteiger partial charge on any atom is -0.488 e. The molecular formula is C38H38F4N2O9S2. The molecule has 4 aromatic carbocycles. The molecular weight excluding hydrogens is 769 g/mol. The molecule has 5 rings (SSSR count). The number of carbonyl (C=O) groups excluding carboxylic acids is 2. The maximum Gasteiger partial charge on any atom is 0.534 e. The van der Waals surface area contributed by atoms with Crippen LogP contribution in [0.15, 0.2) is 97.1 Å². The Morgan fingerprint density at radius 3 is 2.20 bits per heavy atom. The van der Waals surface area contributed by atoms with Crippen molar-refractivity contribution in [2.45, 2.75) is 56.9 Å². The Balaban J connectivity index is 1.50. The standard InChI is InChI=1S/C38H38F4N2O9S2/c1-25(45)52-34(28-12-14-29(39)15-13-28)21-20-33-36(44(37(33)46)30-16-10-26(11-17-30)9-6-22-43-54(2,47)48)32-19-18-31(53-55(49,50)38(40,41)42)23-35(32)51-24-27-7-4-3-5-8-27/h3-5,7-8,10-19,23,33-34,36,43H,6,9,20-22,24H2,1-2H3/t33?,34-,36?/m0/s1. The summed E-state index contributed by atoms with van der Waals surface area (Å²) in [6, 6.07) is 23.7. The van der Waals surface area contributed by atoms with Gasteiger partial charge < -0.3 is 18.6 Å². The van der Waals surface area contributed by atoms with Crippen LogP contribution < -0.4 is 18.5 Å². The number of β-lactam (4-membered cyclic amide) rings is 1. The highest BCUT2D eigenvalue weighted by atomic mass is 32.2. The van der Waals surface area contributed by atoms with Gasteiger partial charge in [0.15, 0.2) is 0 Å². The smallest absolute Gasteiger partial charge is 0.488 e.